The molecule has 140 valence electrons. The number of carbonyl (C=O) groups is 3. The summed E-state index contributed by atoms with van der Waals surface area (Å²) in [6.07, 6.45) is 5.37. The normalized spacial score (nSPS) is 18.3. The van der Waals surface area contributed by atoms with Crippen molar-refractivity contribution in [3.05, 3.63) is 33.3 Å². The highest BCUT2D eigenvalue weighted by Crippen LogP contribution is 2.33. The third kappa shape index (κ3) is 3.59. The number of carbonyl (C=O) groups excluding carboxylic acids is 3. The van der Waals surface area contributed by atoms with Gasteiger partial charge in [0.15, 0.2) is 0 Å². The molecule has 0 spiro atoms. The van der Waals surface area contributed by atoms with Crippen molar-refractivity contribution >= 4 is 52.7 Å². The van der Waals surface area contributed by atoms with Crippen LogP contribution in [-0.2, 0) is 4.79 Å². The molecule has 2 heterocycles. The Hall–Kier alpha value is -1.24. The van der Waals surface area contributed by atoms with Gasteiger partial charge in [-0.2, -0.15) is 11.8 Å². The van der Waals surface area contributed by atoms with Gasteiger partial charge in [0.05, 0.1) is 21.2 Å². The third-order valence-corrected chi connectivity index (χ3v) is 6.18. The zero-order chi connectivity index (χ0) is 18.8. The number of thioether (sulfide) groups is 1. The van der Waals surface area contributed by atoms with Crippen molar-refractivity contribution in [3.8, 4) is 0 Å². The number of imide groups is 1. The van der Waals surface area contributed by atoms with E-state index in [0.717, 1.165) is 24.2 Å². The molecule has 3 amide bonds. The molecule has 1 atom stereocenters. The second-order valence-corrected chi connectivity index (χ2v) is 8.28. The predicted octanol–water partition coefficient (Wildman–Crippen LogP) is 3.72. The first kappa shape index (κ1) is 19.5. The van der Waals surface area contributed by atoms with Crippen LogP contribution in [0.1, 0.15) is 46.4 Å². The number of piperidine rings is 1. The minimum atomic E-state index is -0.787. The van der Waals surface area contributed by atoms with E-state index in [1.165, 1.54) is 12.1 Å². The Morgan fingerprint density at radius 2 is 1.62 bits per heavy atom. The lowest BCUT2D eigenvalue weighted by atomic mass is 10.1. The molecule has 1 saturated heterocycles. The zero-order valence-electron chi connectivity index (χ0n) is 14.5. The Kier molecular flexibility index (Phi) is 6.15. The van der Waals surface area contributed by atoms with Crippen molar-refractivity contribution in [3.63, 3.8) is 0 Å². The van der Waals surface area contributed by atoms with Gasteiger partial charge in [-0.1, -0.05) is 23.2 Å². The van der Waals surface area contributed by atoms with Crippen LogP contribution in [0.4, 0.5) is 0 Å². The number of likely N-dealkylation sites (tertiary alicyclic amines) is 1. The van der Waals surface area contributed by atoms with Gasteiger partial charge in [-0.05, 0) is 49.8 Å². The van der Waals surface area contributed by atoms with E-state index in [1.54, 1.807) is 16.7 Å². The van der Waals surface area contributed by atoms with Gasteiger partial charge < -0.3 is 4.90 Å². The molecule has 2 aliphatic heterocycles. The summed E-state index contributed by atoms with van der Waals surface area (Å²) in [6.45, 7) is 1.35. The van der Waals surface area contributed by atoms with Crippen LogP contribution in [-0.4, -0.2) is 58.7 Å². The highest BCUT2D eigenvalue weighted by atomic mass is 35.5. The topological polar surface area (TPSA) is 57.7 Å². The van der Waals surface area contributed by atoms with E-state index in [9.17, 15) is 14.4 Å². The average molecular weight is 415 g/mol. The summed E-state index contributed by atoms with van der Waals surface area (Å²) in [6, 6.07) is 2.04. The van der Waals surface area contributed by atoms with Crippen LogP contribution >= 0.6 is 35.0 Å². The smallest absolute Gasteiger partial charge is 0.262 e. The van der Waals surface area contributed by atoms with Gasteiger partial charge >= 0.3 is 0 Å². The monoisotopic (exact) mass is 414 g/mol. The molecule has 26 heavy (non-hydrogen) atoms. The maximum atomic E-state index is 13.1. The quantitative estimate of drug-likeness (QED) is 0.688. The molecule has 0 aliphatic carbocycles. The molecule has 1 aromatic rings. The molecular weight excluding hydrogens is 395 g/mol. The van der Waals surface area contributed by atoms with Crippen molar-refractivity contribution < 1.29 is 14.4 Å². The van der Waals surface area contributed by atoms with Gasteiger partial charge in [-0.3, -0.25) is 19.3 Å². The van der Waals surface area contributed by atoms with Gasteiger partial charge in [0.1, 0.15) is 6.04 Å². The first-order valence-electron chi connectivity index (χ1n) is 8.60. The predicted molar refractivity (Wildman–Crippen MR) is 104 cm³/mol. The van der Waals surface area contributed by atoms with E-state index in [-0.39, 0.29) is 27.1 Å². The highest BCUT2D eigenvalue weighted by Gasteiger charge is 2.44. The van der Waals surface area contributed by atoms with E-state index >= 15 is 0 Å². The van der Waals surface area contributed by atoms with Crippen LogP contribution in [0.5, 0.6) is 0 Å². The van der Waals surface area contributed by atoms with Gasteiger partial charge in [-0.25, -0.2) is 0 Å². The largest absolute Gasteiger partial charge is 0.341 e. The SMILES string of the molecule is CSCCC(C(=O)N1CCCCC1)N1C(=O)c2cc(Cl)c(Cl)cc2C1=O. The van der Waals surface area contributed by atoms with Crippen LogP contribution in [0, 0.1) is 0 Å². The van der Waals surface area contributed by atoms with Crippen LogP contribution in [0.15, 0.2) is 12.1 Å². The van der Waals surface area contributed by atoms with Crippen molar-refractivity contribution in [2.45, 2.75) is 31.7 Å². The van der Waals surface area contributed by atoms with Crippen molar-refractivity contribution in [1.82, 2.24) is 9.80 Å². The lowest BCUT2D eigenvalue weighted by Crippen LogP contribution is -2.52. The van der Waals surface area contributed by atoms with Gasteiger partial charge in [-0.15, -0.1) is 0 Å². The molecule has 1 fully saturated rings. The summed E-state index contributed by atoms with van der Waals surface area (Å²) in [5.41, 5.74) is 0.426. The summed E-state index contributed by atoms with van der Waals surface area (Å²) in [5, 5.41) is 0.438. The molecule has 1 unspecified atom stereocenters. The second kappa shape index (κ2) is 8.19. The lowest BCUT2D eigenvalue weighted by molar-refractivity contribution is -0.136. The van der Waals surface area contributed by atoms with E-state index in [0.29, 0.717) is 25.3 Å². The van der Waals surface area contributed by atoms with Crippen LogP contribution in [0.3, 0.4) is 0 Å². The lowest BCUT2D eigenvalue weighted by Gasteiger charge is -2.33. The van der Waals surface area contributed by atoms with Gasteiger partial charge in [0.25, 0.3) is 11.8 Å². The number of fused-ring (bicyclic) bond motifs is 1. The number of benzene rings is 1. The molecule has 3 rings (SSSR count). The number of halogens is 2. The maximum Gasteiger partial charge on any atom is 0.262 e. The Bertz CT molecular complexity index is 709. The van der Waals surface area contributed by atoms with Crippen molar-refractivity contribution in [1.29, 1.82) is 0 Å². The Labute approximate surface area is 167 Å². The second-order valence-electron chi connectivity index (χ2n) is 6.48. The minimum Gasteiger partial charge on any atom is -0.341 e. The third-order valence-electron chi connectivity index (χ3n) is 4.82. The zero-order valence-corrected chi connectivity index (χ0v) is 16.8. The average Bonchev–Trinajstić information content (AvgIpc) is 2.87. The van der Waals surface area contributed by atoms with E-state index in [1.807, 2.05) is 6.26 Å². The fourth-order valence-electron chi connectivity index (χ4n) is 3.45. The van der Waals surface area contributed by atoms with Crippen molar-refractivity contribution in [2.75, 3.05) is 25.1 Å². The number of rotatable bonds is 5. The molecule has 2 aliphatic rings. The minimum absolute atomic E-state index is 0.148. The molecule has 0 N–H and O–H groups in total. The Morgan fingerprint density at radius 3 is 2.12 bits per heavy atom. The molecule has 5 nitrogen and oxygen atoms in total. The summed E-state index contributed by atoms with van der Waals surface area (Å²) in [7, 11) is 0. The van der Waals surface area contributed by atoms with Gasteiger partial charge in [0, 0.05) is 13.1 Å². The van der Waals surface area contributed by atoms with Crippen LogP contribution in [0.25, 0.3) is 0 Å². The molecule has 0 radical (unpaired) electrons. The van der Waals surface area contributed by atoms with Crippen LogP contribution < -0.4 is 0 Å². The van der Waals surface area contributed by atoms with E-state index in [4.69, 9.17) is 23.2 Å². The fourth-order valence-corrected chi connectivity index (χ4v) is 4.24. The highest BCUT2D eigenvalue weighted by molar-refractivity contribution is 7.98. The molecule has 1 aromatic carbocycles. The fraction of sp³-hybridized carbons (Fsp3) is 0.500. The number of hydrogen-bond acceptors (Lipinski definition) is 4. The number of amides is 3. The molecule has 0 saturated carbocycles. The first-order valence-corrected chi connectivity index (χ1v) is 10.8. The van der Waals surface area contributed by atoms with E-state index < -0.39 is 17.9 Å². The van der Waals surface area contributed by atoms with E-state index in [2.05, 4.69) is 0 Å². The molecular formula is C18H20Cl2N2O3S. The first-order chi connectivity index (χ1) is 12.5. The Morgan fingerprint density at radius 1 is 1.08 bits per heavy atom. The molecule has 0 bridgehead atoms. The maximum absolute atomic E-state index is 13.1. The summed E-state index contributed by atoms with van der Waals surface area (Å²) < 4.78 is 0. The Balaban J connectivity index is 1.92. The van der Waals surface area contributed by atoms with Crippen LogP contribution in [0.2, 0.25) is 10.0 Å². The summed E-state index contributed by atoms with van der Waals surface area (Å²) >= 11 is 13.6. The van der Waals surface area contributed by atoms with Crippen molar-refractivity contribution in [2.24, 2.45) is 0 Å². The standard InChI is InChI=1S/C18H20Cl2N2O3S/c1-26-8-5-15(18(25)21-6-3-2-4-7-21)22-16(23)11-9-13(19)14(20)10-12(11)17(22)24/h9-10,15H,2-8H2,1H3. The number of nitrogens with zero attached hydrogens (tertiary/aromatic N) is 2. The molecule has 8 heteroatoms. The number of hydrogen-bond donors (Lipinski definition) is 0. The van der Waals surface area contributed by atoms with Gasteiger partial charge in [0.2, 0.25) is 5.91 Å². The summed E-state index contributed by atoms with van der Waals surface area (Å²) in [4.78, 5) is 41.7. The summed E-state index contributed by atoms with van der Waals surface area (Å²) in [5.74, 6) is -0.412. The molecule has 0 aromatic heterocycles.